The molecular formula is C10H19. The van der Waals surface area contributed by atoms with Crippen molar-refractivity contribution in [3.05, 3.63) is 6.42 Å². The molecule has 0 aromatic carbocycles. The van der Waals surface area contributed by atoms with Crippen LogP contribution >= 0.6 is 0 Å². The first-order valence-corrected chi connectivity index (χ1v) is 4.64. The van der Waals surface area contributed by atoms with E-state index in [2.05, 4.69) is 20.3 Å². The Bertz CT molecular complexity index is 76.0. The number of rotatable bonds is 1. The minimum absolute atomic E-state index is 0.873. The van der Waals surface area contributed by atoms with Crippen molar-refractivity contribution < 1.29 is 0 Å². The highest BCUT2D eigenvalue weighted by Crippen LogP contribution is 2.27. The van der Waals surface area contributed by atoms with Crippen LogP contribution in [0.15, 0.2) is 0 Å². The second kappa shape index (κ2) is 4.00. The van der Waals surface area contributed by atoms with Crippen molar-refractivity contribution in [2.24, 2.45) is 11.8 Å². The largest absolute Gasteiger partial charge is 0.0625 e. The van der Waals surface area contributed by atoms with Gasteiger partial charge in [0.15, 0.2) is 0 Å². The molecule has 1 rings (SSSR count). The molecule has 0 N–H and O–H groups in total. The molecule has 1 radical (unpaired) electrons. The minimum atomic E-state index is 0.873. The summed E-state index contributed by atoms with van der Waals surface area (Å²) in [6.07, 6.45) is 9.69. The Kier molecular flexibility index (Phi) is 3.24. The highest BCUT2D eigenvalue weighted by Gasteiger charge is 2.14. The second-order valence-electron chi connectivity index (χ2n) is 3.78. The fraction of sp³-hybridized carbons (Fsp3) is 0.900. The van der Waals surface area contributed by atoms with Crippen molar-refractivity contribution in [1.29, 1.82) is 0 Å². The van der Waals surface area contributed by atoms with E-state index in [1.807, 2.05) is 0 Å². The topological polar surface area (TPSA) is 0 Å². The standard InChI is InChI=1S/C10H19/c1-9(2)10-7-5-3-4-6-8-10/h7,9-10H,3-6,8H2,1-2H3. The Morgan fingerprint density at radius 1 is 1.20 bits per heavy atom. The lowest BCUT2D eigenvalue weighted by Gasteiger charge is -2.17. The molecule has 0 heterocycles. The quantitative estimate of drug-likeness (QED) is 0.488. The summed E-state index contributed by atoms with van der Waals surface area (Å²) in [7, 11) is 0. The molecule has 1 unspecified atom stereocenters. The Balaban J connectivity index is 2.28. The maximum Gasteiger partial charge on any atom is -0.0352 e. The average molecular weight is 139 g/mol. The normalized spacial score (nSPS) is 23.1. The lowest BCUT2D eigenvalue weighted by molar-refractivity contribution is 0.406. The zero-order chi connectivity index (χ0) is 7.40. The van der Waals surface area contributed by atoms with Crippen LogP contribution in [0.25, 0.3) is 0 Å². The van der Waals surface area contributed by atoms with Crippen LogP contribution in [0, 0.1) is 18.3 Å². The molecule has 0 bridgehead atoms. The van der Waals surface area contributed by atoms with Crippen molar-refractivity contribution in [1.82, 2.24) is 0 Å². The lowest BCUT2D eigenvalue weighted by atomic mass is 9.89. The predicted octanol–water partition coefficient (Wildman–Crippen LogP) is 3.43. The zero-order valence-corrected chi connectivity index (χ0v) is 7.27. The van der Waals surface area contributed by atoms with Crippen LogP contribution in [-0.2, 0) is 0 Å². The van der Waals surface area contributed by atoms with Crippen LogP contribution in [0.3, 0.4) is 0 Å². The SMILES string of the molecule is CC(C)C1[CH]CCCCC1. The third-order valence-corrected chi connectivity index (χ3v) is 2.57. The molecule has 0 saturated heterocycles. The van der Waals surface area contributed by atoms with Gasteiger partial charge >= 0.3 is 0 Å². The fourth-order valence-corrected chi connectivity index (χ4v) is 1.76. The molecule has 0 amide bonds. The van der Waals surface area contributed by atoms with Gasteiger partial charge in [0.2, 0.25) is 0 Å². The molecule has 59 valence electrons. The summed E-state index contributed by atoms with van der Waals surface area (Å²) in [5.41, 5.74) is 0. The maximum atomic E-state index is 2.54. The molecule has 0 heteroatoms. The van der Waals surface area contributed by atoms with Gasteiger partial charge in [-0.15, -0.1) is 0 Å². The summed E-state index contributed by atoms with van der Waals surface area (Å²) < 4.78 is 0. The summed E-state index contributed by atoms with van der Waals surface area (Å²) in [4.78, 5) is 0. The minimum Gasteiger partial charge on any atom is -0.0625 e. The summed E-state index contributed by atoms with van der Waals surface area (Å²) in [5, 5.41) is 0. The molecular weight excluding hydrogens is 120 g/mol. The summed E-state index contributed by atoms with van der Waals surface area (Å²) in [6, 6.07) is 0. The van der Waals surface area contributed by atoms with E-state index >= 15 is 0 Å². The smallest absolute Gasteiger partial charge is 0.0352 e. The molecule has 0 aromatic rings. The molecule has 1 atom stereocenters. The molecule has 0 nitrogen and oxygen atoms in total. The summed E-state index contributed by atoms with van der Waals surface area (Å²) >= 11 is 0. The maximum absolute atomic E-state index is 2.54. The molecule has 1 aliphatic carbocycles. The first-order chi connectivity index (χ1) is 4.80. The predicted molar refractivity (Wildman–Crippen MR) is 45.7 cm³/mol. The van der Waals surface area contributed by atoms with Gasteiger partial charge in [-0.2, -0.15) is 0 Å². The van der Waals surface area contributed by atoms with Gasteiger partial charge in [-0.05, 0) is 31.1 Å². The van der Waals surface area contributed by atoms with Gasteiger partial charge < -0.3 is 0 Å². The zero-order valence-electron chi connectivity index (χ0n) is 7.27. The Labute approximate surface area is 65.0 Å². The van der Waals surface area contributed by atoms with Gasteiger partial charge in [0.25, 0.3) is 0 Å². The lowest BCUT2D eigenvalue weighted by Crippen LogP contribution is -2.07. The number of hydrogen-bond donors (Lipinski definition) is 0. The van der Waals surface area contributed by atoms with E-state index in [1.54, 1.807) is 0 Å². The fourth-order valence-electron chi connectivity index (χ4n) is 1.76. The van der Waals surface area contributed by atoms with E-state index in [0.717, 1.165) is 11.8 Å². The van der Waals surface area contributed by atoms with Crippen molar-refractivity contribution in [3.63, 3.8) is 0 Å². The summed E-state index contributed by atoms with van der Waals surface area (Å²) in [5.74, 6) is 1.79. The second-order valence-corrected chi connectivity index (χ2v) is 3.78. The average Bonchev–Trinajstić information content (AvgIpc) is 2.12. The Morgan fingerprint density at radius 2 is 2.00 bits per heavy atom. The van der Waals surface area contributed by atoms with Crippen LogP contribution in [-0.4, -0.2) is 0 Å². The van der Waals surface area contributed by atoms with Crippen LogP contribution < -0.4 is 0 Å². The van der Waals surface area contributed by atoms with Crippen molar-refractivity contribution in [3.8, 4) is 0 Å². The molecule has 1 aliphatic rings. The van der Waals surface area contributed by atoms with Crippen LogP contribution in [0.4, 0.5) is 0 Å². The van der Waals surface area contributed by atoms with Gasteiger partial charge in [0, 0.05) is 0 Å². The third-order valence-electron chi connectivity index (χ3n) is 2.57. The van der Waals surface area contributed by atoms with Crippen LogP contribution in [0.5, 0.6) is 0 Å². The molecule has 0 aliphatic heterocycles. The van der Waals surface area contributed by atoms with Gasteiger partial charge in [-0.25, -0.2) is 0 Å². The monoisotopic (exact) mass is 139 g/mol. The van der Waals surface area contributed by atoms with E-state index < -0.39 is 0 Å². The molecule has 0 spiro atoms. The summed E-state index contributed by atoms with van der Waals surface area (Å²) in [6.45, 7) is 4.68. The van der Waals surface area contributed by atoms with Crippen molar-refractivity contribution in [2.45, 2.75) is 46.0 Å². The van der Waals surface area contributed by atoms with Crippen LogP contribution in [0.2, 0.25) is 0 Å². The Morgan fingerprint density at radius 3 is 2.70 bits per heavy atom. The highest BCUT2D eigenvalue weighted by atomic mass is 14.2. The third kappa shape index (κ3) is 2.32. The van der Waals surface area contributed by atoms with Crippen molar-refractivity contribution >= 4 is 0 Å². The van der Waals surface area contributed by atoms with E-state index in [1.165, 1.54) is 32.1 Å². The molecule has 0 aromatic heterocycles. The first-order valence-electron chi connectivity index (χ1n) is 4.64. The van der Waals surface area contributed by atoms with E-state index in [0.29, 0.717) is 0 Å². The molecule has 1 saturated carbocycles. The van der Waals surface area contributed by atoms with Crippen molar-refractivity contribution in [2.75, 3.05) is 0 Å². The first kappa shape index (κ1) is 8.10. The Hall–Kier alpha value is 0. The van der Waals surface area contributed by atoms with Crippen LogP contribution in [0.1, 0.15) is 46.0 Å². The van der Waals surface area contributed by atoms with Gasteiger partial charge in [-0.3, -0.25) is 0 Å². The van der Waals surface area contributed by atoms with Gasteiger partial charge in [-0.1, -0.05) is 33.1 Å². The number of hydrogen-bond acceptors (Lipinski definition) is 0. The van der Waals surface area contributed by atoms with E-state index in [4.69, 9.17) is 0 Å². The molecule has 10 heavy (non-hydrogen) atoms. The molecule has 1 fully saturated rings. The van der Waals surface area contributed by atoms with E-state index in [9.17, 15) is 0 Å². The van der Waals surface area contributed by atoms with Gasteiger partial charge in [0.1, 0.15) is 0 Å². The highest BCUT2D eigenvalue weighted by molar-refractivity contribution is 4.81. The van der Waals surface area contributed by atoms with E-state index in [-0.39, 0.29) is 0 Å². The van der Waals surface area contributed by atoms with Gasteiger partial charge in [0.05, 0.1) is 0 Å².